The molecule has 0 saturated carbocycles. The highest BCUT2D eigenvalue weighted by Crippen LogP contribution is 2.26. The summed E-state index contributed by atoms with van der Waals surface area (Å²) in [4.78, 5) is 10.9. The van der Waals surface area contributed by atoms with Crippen LogP contribution in [0.15, 0.2) is 18.2 Å². The molecule has 0 aliphatic carbocycles. The van der Waals surface area contributed by atoms with Gasteiger partial charge >= 0.3 is 5.97 Å². The lowest BCUT2D eigenvalue weighted by atomic mass is 10.1. The molecule has 0 atom stereocenters. The van der Waals surface area contributed by atoms with E-state index in [4.69, 9.17) is 9.84 Å². The van der Waals surface area contributed by atoms with Crippen LogP contribution >= 0.6 is 0 Å². The van der Waals surface area contributed by atoms with Crippen molar-refractivity contribution in [2.45, 2.75) is 27.4 Å². The van der Waals surface area contributed by atoms with E-state index in [1.807, 2.05) is 26.8 Å². The van der Waals surface area contributed by atoms with E-state index in [0.717, 1.165) is 22.6 Å². The number of aryl methyl sites for hydroxylation is 3. The number of rotatable bonds is 4. The smallest absolute Gasteiger partial charge is 0.356 e. The maximum absolute atomic E-state index is 10.9. The summed E-state index contributed by atoms with van der Waals surface area (Å²) in [5.41, 5.74) is 4.09. The Morgan fingerprint density at radius 3 is 2.55 bits per heavy atom. The van der Waals surface area contributed by atoms with Gasteiger partial charge in [-0.1, -0.05) is 12.1 Å². The quantitative estimate of drug-likeness (QED) is 0.930. The normalized spacial score (nSPS) is 10.6. The number of benzene rings is 1. The first-order valence-corrected chi connectivity index (χ1v) is 6.36. The molecule has 0 spiro atoms. The molecule has 0 bridgehead atoms. The third kappa shape index (κ3) is 2.66. The number of carboxylic acid groups (broad SMARTS) is 1. The molecule has 0 fully saturated rings. The van der Waals surface area contributed by atoms with E-state index >= 15 is 0 Å². The maximum atomic E-state index is 10.9. The second kappa shape index (κ2) is 5.36. The fourth-order valence-electron chi connectivity index (χ4n) is 2.04. The van der Waals surface area contributed by atoms with Gasteiger partial charge in [-0.3, -0.25) is 4.68 Å². The van der Waals surface area contributed by atoms with Crippen LogP contribution in [0.3, 0.4) is 0 Å². The van der Waals surface area contributed by atoms with Gasteiger partial charge in [-0.25, -0.2) is 4.79 Å². The molecule has 1 heterocycles. The van der Waals surface area contributed by atoms with E-state index in [9.17, 15) is 4.79 Å². The van der Waals surface area contributed by atoms with Crippen LogP contribution in [0.5, 0.6) is 5.75 Å². The van der Waals surface area contributed by atoms with Gasteiger partial charge in [0.2, 0.25) is 0 Å². The van der Waals surface area contributed by atoms with Gasteiger partial charge in [-0.15, -0.1) is 0 Å². The minimum Gasteiger partial charge on any atom is -0.487 e. The van der Waals surface area contributed by atoms with Crippen LogP contribution in [0.2, 0.25) is 0 Å². The zero-order valence-electron chi connectivity index (χ0n) is 12.1. The van der Waals surface area contributed by atoms with Crippen molar-refractivity contribution in [3.05, 3.63) is 46.3 Å². The molecule has 106 valence electrons. The van der Waals surface area contributed by atoms with Crippen molar-refractivity contribution in [3.63, 3.8) is 0 Å². The molecular formula is C15H18N2O3. The highest BCUT2D eigenvalue weighted by molar-refractivity contribution is 5.85. The van der Waals surface area contributed by atoms with Crippen molar-refractivity contribution in [2.75, 3.05) is 0 Å². The molecule has 1 aromatic carbocycles. The van der Waals surface area contributed by atoms with Crippen molar-refractivity contribution in [1.29, 1.82) is 0 Å². The zero-order chi connectivity index (χ0) is 14.9. The molecule has 1 N–H and O–H groups in total. The molecular weight excluding hydrogens is 256 g/mol. The Bertz CT molecular complexity index is 659. The molecule has 0 unspecified atom stereocenters. The van der Waals surface area contributed by atoms with Crippen LogP contribution in [-0.4, -0.2) is 20.9 Å². The standard InChI is InChI=1S/C15H18N2O3/c1-9-5-6-10(2)14(11(9)3)20-8-12-7-13(15(18)19)16-17(12)4/h5-7H,8H2,1-4H3,(H,18,19). The second-order valence-electron chi connectivity index (χ2n) is 4.89. The third-order valence-electron chi connectivity index (χ3n) is 3.43. The van der Waals surface area contributed by atoms with E-state index in [-0.39, 0.29) is 5.69 Å². The first-order chi connectivity index (χ1) is 9.40. The molecule has 0 aliphatic rings. The van der Waals surface area contributed by atoms with Crippen molar-refractivity contribution >= 4 is 5.97 Å². The molecule has 0 amide bonds. The molecule has 0 saturated heterocycles. The molecule has 2 rings (SSSR count). The second-order valence-corrected chi connectivity index (χ2v) is 4.89. The predicted molar refractivity (Wildman–Crippen MR) is 75.2 cm³/mol. The molecule has 20 heavy (non-hydrogen) atoms. The van der Waals surface area contributed by atoms with Gasteiger partial charge in [0.1, 0.15) is 12.4 Å². The molecule has 0 radical (unpaired) electrons. The summed E-state index contributed by atoms with van der Waals surface area (Å²) in [7, 11) is 1.71. The Hall–Kier alpha value is -2.30. The highest BCUT2D eigenvalue weighted by atomic mass is 16.5. The van der Waals surface area contributed by atoms with Gasteiger partial charge in [0, 0.05) is 7.05 Å². The Labute approximate surface area is 117 Å². The van der Waals surface area contributed by atoms with E-state index in [1.54, 1.807) is 7.05 Å². The number of nitrogens with zero attached hydrogens (tertiary/aromatic N) is 2. The number of hydrogen-bond acceptors (Lipinski definition) is 3. The fourth-order valence-corrected chi connectivity index (χ4v) is 2.04. The van der Waals surface area contributed by atoms with Gasteiger partial charge in [0.05, 0.1) is 5.69 Å². The summed E-state index contributed by atoms with van der Waals surface area (Å²) in [6.45, 7) is 6.34. The summed E-state index contributed by atoms with van der Waals surface area (Å²) in [6.07, 6.45) is 0. The van der Waals surface area contributed by atoms with Crippen LogP contribution in [-0.2, 0) is 13.7 Å². The molecule has 0 aliphatic heterocycles. The maximum Gasteiger partial charge on any atom is 0.356 e. The number of aromatic carboxylic acids is 1. The predicted octanol–water partition coefficient (Wildman–Crippen LogP) is 2.62. The van der Waals surface area contributed by atoms with E-state index in [0.29, 0.717) is 6.61 Å². The molecule has 1 aromatic heterocycles. The Kier molecular flexibility index (Phi) is 3.79. The van der Waals surface area contributed by atoms with Gasteiger partial charge in [0.15, 0.2) is 5.69 Å². The minimum absolute atomic E-state index is 0.0313. The van der Waals surface area contributed by atoms with Crippen LogP contribution in [0.4, 0.5) is 0 Å². The Morgan fingerprint density at radius 1 is 1.30 bits per heavy atom. The first kappa shape index (κ1) is 14.1. The molecule has 2 aromatic rings. The van der Waals surface area contributed by atoms with Gasteiger partial charge in [-0.05, 0) is 43.5 Å². The average Bonchev–Trinajstić information content (AvgIpc) is 2.76. The van der Waals surface area contributed by atoms with E-state index < -0.39 is 5.97 Å². The van der Waals surface area contributed by atoms with E-state index in [1.165, 1.54) is 16.3 Å². The molecule has 5 heteroatoms. The summed E-state index contributed by atoms with van der Waals surface area (Å²) < 4.78 is 7.39. The van der Waals surface area contributed by atoms with Crippen molar-refractivity contribution in [1.82, 2.24) is 9.78 Å². The first-order valence-electron chi connectivity index (χ1n) is 6.36. The van der Waals surface area contributed by atoms with Gasteiger partial charge in [0.25, 0.3) is 0 Å². The summed E-state index contributed by atoms with van der Waals surface area (Å²) in [6, 6.07) is 5.61. The lowest BCUT2D eigenvalue weighted by Crippen LogP contribution is -2.05. The Morgan fingerprint density at radius 2 is 1.95 bits per heavy atom. The van der Waals surface area contributed by atoms with Gasteiger partial charge in [-0.2, -0.15) is 5.10 Å². The number of carbonyl (C=O) groups is 1. The minimum atomic E-state index is -1.03. The number of carboxylic acids is 1. The SMILES string of the molecule is Cc1ccc(C)c(OCc2cc(C(=O)O)nn2C)c1C. The van der Waals surface area contributed by atoms with Crippen LogP contribution < -0.4 is 4.74 Å². The summed E-state index contributed by atoms with van der Waals surface area (Å²) in [5.74, 6) is -0.183. The van der Waals surface area contributed by atoms with Crippen LogP contribution in [0.1, 0.15) is 32.9 Å². The Balaban J connectivity index is 2.21. The van der Waals surface area contributed by atoms with E-state index in [2.05, 4.69) is 11.2 Å². The largest absolute Gasteiger partial charge is 0.487 e. The van der Waals surface area contributed by atoms with Crippen LogP contribution in [0.25, 0.3) is 0 Å². The average molecular weight is 274 g/mol. The number of hydrogen-bond donors (Lipinski definition) is 1. The number of ether oxygens (including phenoxy) is 1. The van der Waals surface area contributed by atoms with Crippen molar-refractivity contribution in [3.8, 4) is 5.75 Å². The van der Waals surface area contributed by atoms with Crippen LogP contribution in [0, 0.1) is 20.8 Å². The third-order valence-corrected chi connectivity index (χ3v) is 3.43. The number of aromatic nitrogens is 2. The summed E-state index contributed by atoms with van der Waals surface area (Å²) >= 11 is 0. The lowest BCUT2D eigenvalue weighted by molar-refractivity contribution is 0.0689. The lowest BCUT2D eigenvalue weighted by Gasteiger charge is -2.13. The van der Waals surface area contributed by atoms with Gasteiger partial charge < -0.3 is 9.84 Å². The zero-order valence-corrected chi connectivity index (χ0v) is 12.1. The fraction of sp³-hybridized carbons (Fsp3) is 0.333. The highest BCUT2D eigenvalue weighted by Gasteiger charge is 2.13. The monoisotopic (exact) mass is 274 g/mol. The summed E-state index contributed by atoms with van der Waals surface area (Å²) in [5, 5.41) is 12.8. The van der Waals surface area contributed by atoms with Crippen molar-refractivity contribution in [2.24, 2.45) is 7.05 Å². The van der Waals surface area contributed by atoms with Crippen molar-refractivity contribution < 1.29 is 14.6 Å². The topological polar surface area (TPSA) is 64.3 Å². The molecule has 5 nitrogen and oxygen atoms in total.